The van der Waals surface area contributed by atoms with Crippen molar-refractivity contribution in [2.45, 2.75) is 52.4 Å². The molecule has 0 saturated carbocycles. The number of guanidine groups is 1. The lowest BCUT2D eigenvalue weighted by Gasteiger charge is -2.26. The summed E-state index contributed by atoms with van der Waals surface area (Å²) in [6, 6.07) is 16.8. The number of rotatable bonds is 8. The summed E-state index contributed by atoms with van der Waals surface area (Å²) in [5.41, 5.74) is 4.62. The Morgan fingerprint density at radius 3 is 2.31 bits per heavy atom. The molecule has 3 N–H and O–H groups in total. The van der Waals surface area contributed by atoms with E-state index in [1.54, 1.807) is 0 Å². The molecule has 0 aliphatic carbocycles. The number of piperidine rings is 1. The number of likely N-dealkylation sites (tertiary alicyclic amines) is 1. The number of aliphatic hydroxyl groups excluding tert-OH is 1. The van der Waals surface area contributed by atoms with Gasteiger partial charge in [-0.05, 0) is 55.1 Å². The summed E-state index contributed by atoms with van der Waals surface area (Å²) < 4.78 is 0. The van der Waals surface area contributed by atoms with Crippen LogP contribution in [-0.4, -0.2) is 35.6 Å². The maximum absolute atomic E-state index is 9.49. The highest BCUT2D eigenvalue weighted by molar-refractivity contribution is 5.79. The second-order valence-corrected chi connectivity index (χ2v) is 7.63. The summed E-state index contributed by atoms with van der Waals surface area (Å²) in [4.78, 5) is 7.27. The molecule has 3 rings (SSSR count). The molecule has 1 aliphatic heterocycles. The van der Waals surface area contributed by atoms with Crippen LogP contribution >= 0.6 is 0 Å². The number of nitrogens with one attached hydrogen (secondary N) is 2. The summed E-state index contributed by atoms with van der Waals surface area (Å²) in [6.07, 6.45) is 4.03. The van der Waals surface area contributed by atoms with E-state index in [9.17, 15) is 5.11 Å². The van der Waals surface area contributed by atoms with Crippen molar-refractivity contribution in [1.82, 2.24) is 15.5 Å². The number of benzene rings is 2. The molecule has 2 aromatic rings. The predicted molar refractivity (Wildman–Crippen MR) is 120 cm³/mol. The Hall–Kier alpha value is -2.37. The Morgan fingerprint density at radius 1 is 0.931 bits per heavy atom. The van der Waals surface area contributed by atoms with Crippen molar-refractivity contribution in [3.05, 3.63) is 70.8 Å². The van der Waals surface area contributed by atoms with Crippen molar-refractivity contribution in [2.24, 2.45) is 4.99 Å². The third-order valence-corrected chi connectivity index (χ3v) is 5.38. The summed E-state index contributed by atoms with van der Waals surface area (Å²) in [5.74, 6) is 0.789. The van der Waals surface area contributed by atoms with Gasteiger partial charge in [0, 0.05) is 19.6 Å². The first-order valence-electron chi connectivity index (χ1n) is 10.8. The van der Waals surface area contributed by atoms with Crippen LogP contribution in [0, 0.1) is 0 Å². The highest BCUT2D eigenvalue weighted by Crippen LogP contribution is 2.14. The van der Waals surface area contributed by atoms with Crippen LogP contribution in [0.25, 0.3) is 0 Å². The van der Waals surface area contributed by atoms with Crippen LogP contribution < -0.4 is 10.6 Å². The molecule has 29 heavy (non-hydrogen) atoms. The van der Waals surface area contributed by atoms with Gasteiger partial charge in [-0.25, -0.2) is 4.99 Å². The van der Waals surface area contributed by atoms with E-state index in [1.165, 1.54) is 43.5 Å². The first-order valence-corrected chi connectivity index (χ1v) is 10.8. The lowest BCUT2D eigenvalue weighted by Crippen LogP contribution is -2.37. The first kappa shape index (κ1) is 21.3. The van der Waals surface area contributed by atoms with Crippen molar-refractivity contribution < 1.29 is 5.11 Å². The lowest BCUT2D eigenvalue weighted by molar-refractivity contribution is 0.221. The minimum atomic E-state index is 0.0509. The standard InChI is InChI=1S/C24H34N4O/c1-2-25-24(27-17-22-8-4-5-9-23(22)19-29)26-16-20-10-12-21(13-11-20)18-28-14-6-3-7-15-28/h4-5,8-13,29H,2-3,6-7,14-19H2,1H3,(H2,25,26,27). The molecule has 0 atom stereocenters. The molecular weight excluding hydrogens is 360 g/mol. The zero-order valence-electron chi connectivity index (χ0n) is 17.5. The summed E-state index contributed by atoms with van der Waals surface area (Å²) in [5, 5.41) is 16.2. The molecule has 0 aromatic heterocycles. The van der Waals surface area contributed by atoms with Crippen molar-refractivity contribution in [3.63, 3.8) is 0 Å². The van der Waals surface area contributed by atoms with Gasteiger partial charge in [-0.3, -0.25) is 4.90 Å². The van der Waals surface area contributed by atoms with Gasteiger partial charge in [0.25, 0.3) is 0 Å². The average molecular weight is 395 g/mol. The summed E-state index contributed by atoms with van der Waals surface area (Å²) >= 11 is 0. The van der Waals surface area contributed by atoms with E-state index in [1.807, 2.05) is 24.3 Å². The van der Waals surface area contributed by atoms with E-state index >= 15 is 0 Å². The van der Waals surface area contributed by atoms with Gasteiger partial charge in [0.2, 0.25) is 0 Å². The third kappa shape index (κ3) is 6.87. The first-order chi connectivity index (χ1) is 14.3. The molecule has 0 amide bonds. The van der Waals surface area contributed by atoms with Crippen molar-refractivity contribution >= 4 is 5.96 Å². The summed E-state index contributed by atoms with van der Waals surface area (Å²) in [6.45, 7) is 7.70. The van der Waals surface area contributed by atoms with E-state index < -0.39 is 0 Å². The van der Waals surface area contributed by atoms with Gasteiger partial charge in [0.05, 0.1) is 13.2 Å². The Morgan fingerprint density at radius 2 is 1.62 bits per heavy atom. The van der Waals surface area contributed by atoms with Crippen LogP contribution in [0.15, 0.2) is 53.5 Å². The van der Waals surface area contributed by atoms with Crippen LogP contribution in [0.5, 0.6) is 0 Å². The maximum Gasteiger partial charge on any atom is 0.191 e. The SMILES string of the molecule is CCNC(=NCc1ccc(CN2CCCCC2)cc1)NCc1ccccc1CO. The summed E-state index contributed by atoms with van der Waals surface area (Å²) in [7, 11) is 0. The number of nitrogens with zero attached hydrogens (tertiary/aromatic N) is 2. The van der Waals surface area contributed by atoms with E-state index in [0.29, 0.717) is 13.1 Å². The molecule has 1 heterocycles. The van der Waals surface area contributed by atoms with Crippen LogP contribution in [0.1, 0.15) is 48.4 Å². The molecule has 0 bridgehead atoms. The van der Waals surface area contributed by atoms with Gasteiger partial charge < -0.3 is 15.7 Å². The fraction of sp³-hybridized carbons (Fsp3) is 0.458. The second-order valence-electron chi connectivity index (χ2n) is 7.63. The van der Waals surface area contributed by atoms with Crippen molar-refractivity contribution in [2.75, 3.05) is 19.6 Å². The average Bonchev–Trinajstić information content (AvgIpc) is 2.77. The lowest BCUT2D eigenvalue weighted by atomic mass is 10.1. The van der Waals surface area contributed by atoms with E-state index in [2.05, 4.69) is 46.7 Å². The molecule has 156 valence electrons. The molecule has 1 fully saturated rings. The maximum atomic E-state index is 9.49. The molecule has 2 aromatic carbocycles. The van der Waals surface area contributed by atoms with Crippen LogP contribution in [0.3, 0.4) is 0 Å². The Balaban J connectivity index is 1.55. The molecule has 0 radical (unpaired) electrons. The Kier molecular flexibility index (Phi) is 8.53. The predicted octanol–water partition coefficient (Wildman–Crippen LogP) is 3.42. The topological polar surface area (TPSA) is 59.9 Å². The molecule has 5 heteroatoms. The van der Waals surface area contributed by atoms with Gasteiger partial charge in [0.15, 0.2) is 5.96 Å². The fourth-order valence-electron chi connectivity index (χ4n) is 3.70. The number of hydrogen-bond acceptors (Lipinski definition) is 3. The van der Waals surface area contributed by atoms with Gasteiger partial charge in [-0.15, -0.1) is 0 Å². The molecule has 0 spiro atoms. The molecule has 1 saturated heterocycles. The van der Waals surface area contributed by atoms with Crippen LogP contribution in [-0.2, 0) is 26.2 Å². The zero-order valence-corrected chi connectivity index (χ0v) is 17.5. The minimum Gasteiger partial charge on any atom is -0.392 e. The molecule has 5 nitrogen and oxygen atoms in total. The quantitative estimate of drug-likeness (QED) is 0.474. The monoisotopic (exact) mass is 394 g/mol. The molecular formula is C24H34N4O. The van der Waals surface area contributed by atoms with Crippen molar-refractivity contribution in [1.29, 1.82) is 0 Å². The van der Waals surface area contributed by atoms with E-state index in [4.69, 9.17) is 4.99 Å². The van der Waals surface area contributed by atoms with Crippen molar-refractivity contribution in [3.8, 4) is 0 Å². The van der Waals surface area contributed by atoms with Gasteiger partial charge in [0.1, 0.15) is 0 Å². The Labute approximate surface area is 174 Å². The minimum absolute atomic E-state index is 0.0509. The number of aliphatic imine (C=N–C) groups is 1. The van der Waals surface area contributed by atoms with E-state index in [0.717, 1.165) is 30.2 Å². The largest absolute Gasteiger partial charge is 0.392 e. The molecule has 0 unspecified atom stereocenters. The second kappa shape index (κ2) is 11.6. The van der Waals surface area contributed by atoms with Gasteiger partial charge in [-0.1, -0.05) is 55.0 Å². The smallest absolute Gasteiger partial charge is 0.191 e. The van der Waals surface area contributed by atoms with Crippen LogP contribution in [0.4, 0.5) is 0 Å². The molecule has 1 aliphatic rings. The normalized spacial score (nSPS) is 15.3. The van der Waals surface area contributed by atoms with Crippen LogP contribution in [0.2, 0.25) is 0 Å². The highest BCUT2D eigenvalue weighted by Gasteiger charge is 2.10. The van der Waals surface area contributed by atoms with Gasteiger partial charge >= 0.3 is 0 Å². The highest BCUT2D eigenvalue weighted by atomic mass is 16.3. The van der Waals surface area contributed by atoms with Gasteiger partial charge in [-0.2, -0.15) is 0 Å². The number of aliphatic hydroxyl groups is 1. The Bertz CT molecular complexity index is 767. The third-order valence-electron chi connectivity index (χ3n) is 5.38. The zero-order chi connectivity index (χ0) is 20.3. The van der Waals surface area contributed by atoms with E-state index in [-0.39, 0.29) is 6.61 Å². The fourth-order valence-corrected chi connectivity index (χ4v) is 3.70. The number of hydrogen-bond donors (Lipinski definition) is 3.